The molecule has 3 rings (SSSR count). The zero-order valence-electron chi connectivity index (χ0n) is 14.1. The summed E-state index contributed by atoms with van der Waals surface area (Å²) in [5, 5.41) is 9.76. The lowest BCUT2D eigenvalue weighted by Gasteiger charge is -2.15. The van der Waals surface area contributed by atoms with Gasteiger partial charge in [0.05, 0.1) is 24.9 Å². The summed E-state index contributed by atoms with van der Waals surface area (Å²) in [6, 6.07) is 7.69. The number of benzene rings is 1. The lowest BCUT2D eigenvalue weighted by Crippen LogP contribution is -2.36. The normalized spacial score (nSPS) is 15.8. The molecule has 0 radical (unpaired) electrons. The number of hydrogen-bond donors (Lipinski definition) is 2. The molecule has 1 aliphatic rings. The molecule has 0 unspecified atom stereocenters. The number of nitrogens with zero attached hydrogens (tertiary/aromatic N) is 1. The van der Waals surface area contributed by atoms with Crippen molar-refractivity contribution in [1.82, 2.24) is 15.8 Å². The molecule has 1 aliphatic carbocycles. The Kier molecular flexibility index (Phi) is 5.03. The first-order valence-corrected chi connectivity index (χ1v) is 8.44. The van der Waals surface area contributed by atoms with Crippen molar-refractivity contribution in [1.29, 1.82) is 0 Å². The Morgan fingerprint density at radius 2 is 2.29 bits per heavy atom. The minimum Gasteiger partial charge on any atom is -0.494 e. The molecular weight excluding hydrogens is 306 g/mol. The predicted octanol–water partition coefficient (Wildman–Crippen LogP) is 3.12. The number of ether oxygens (including phenoxy) is 1. The van der Waals surface area contributed by atoms with Crippen molar-refractivity contribution in [2.24, 2.45) is 0 Å². The van der Waals surface area contributed by atoms with Gasteiger partial charge in [0.25, 0.3) is 0 Å². The minimum absolute atomic E-state index is 0.0151. The molecule has 1 aromatic heterocycles. The molecule has 6 heteroatoms. The number of nitrogens with one attached hydrogen (secondary N) is 2. The maximum absolute atomic E-state index is 12.2. The quantitative estimate of drug-likeness (QED) is 0.854. The summed E-state index contributed by atoms with van der Waals surface area (Å²) in [4.78, 5) is 12.2. The van der Waals surface area contributed by atoms with Gasteiger partial charge in [-0.05, 0) is 43.4 Å². The summed E-state index contributed by atoms with van der Waals surface area (Å²) in [6.45, 7) is 4.96. The average Bonchev–Trinajstić information content (AvgIpc) is 3.21. The Labute approximate surface area is 141 Å². The molecule has 0 spiro atoms. The minimum atomic E-state index is -0.205. The molecule has 0 fully saturated rings. The van der Waals surface area contributed by atoms with Gasteiger partial charge in [-0.2, -0.15) is 0 Å². The Balaban J connectivity index is 1.57. The third kappa shape index (κ3) is 3.53. The van der Waals surface area contributed by atoms with Crippen LogP contribution in [0.3, 0.4) is 0 Å². The molecule has 2 aromatic rings. The molecule has 0 saturated carbocycles. The van der Waals surface area contributed by atoms with Gasteiger partial charge in [0.1, 0.15) is 5.75 Å². The highest BCUT2D eigenvalue weighted by Crippen LogP contribution is 2.36. The van der Waals surface area contributed by atoms with Crippen molar-refractivity contribution in [3.63, 3.8) is 0 Å². The Bertz CT molecular complexity index is 711. The van der Waals surface area contributed by atoms with Crippen LogP contribution in [-0.4, -0.2) is 17.8 Å². The lowest BCUT2D eigenvalue weighted by atomic mass is 10.1. The van der Waals surface area contributed by atoms with E-state index in [0.717, 1.165) is 36.3 Å². The number of rotatable bonds is 6. The van der Waals surface area contributed by atoms with Gasteiger partial charge in [-0.25, -0.2) is 4.79 Å². The first-order chi connectivity index (χ1) is 11.7. The van der Waals surface area contributed by atoms with Gasteiger partial charge < -0.3 is 19.9 Å². The molecular formula is C18H23N3O3. The fourth-order valence-electron chi connectivity index (χ4n) is 3.04. The van der Waals surface area contributed by atoms with Crippen molar-refractivity contribution < 1.29 is 14.1 Å². The molecule has 0 aliphatic heterocycles. The number of aromatic nitrogens is 1. The van der Waals surface area contributed by atoms with Crippen LogP contribution in [0.15, 0.2) is 28.8 Å². The van der Waals surface area contributed by atoms with Gasteiger partial charge >= 0.3 is 6.03 Å². The molecule has 2 N–H and O–H groups in total. The zero-order chi connectivity index (χ0) is 16.9. The number of aryl methyl sites for hydroxylation is 1. The van der Waals surface area contributed by atoms with Crippen LogP contribution in [0, 0.1) is 0 Å². The van der Waals surface area contributed by atoms with Crippen molar-refractivity contribution in [3.8, 4) is 5.75 Å². The highest BCUT2D eigenvalue weighted by Gasteiger charge is 2.26. The van der Waals surface area contributed by atoms with Crippen LogP contribution >= 0.6 is 0 Å². The molecule has 1 heterocycles. The molecule has 6 nitrogen and oxygen atoms in total. The molecule has 128 valence electrons. The van der Waals surface area contributed by atoms with Crippen LogP contribution in [0.4, 0.5) is 4.79 Å². The smallest absolute Gasteiger partial charge is 0.315 e. The maximum atomic E-state index is 12.2. The summed E-state index contributed by atoms with van der Waals surface area (Å²) in [6.07, 6.45) is 2.62. The SMILES string of the molecule is CCOc1cccc2c1CC[C@@H]2NC(=O)NCc1cc(CC)no1. The van der Waals surface area contributed by atoms with Gasteiger partial charge in [-0.1, -0.05) is 24.2 Å². The number of fused-ring (bicyclic) bond motifs is 1. The Morgan fingerprint density at radius 1 is 1.42 bits per heavy atom. The number of amides is 2. The van der Waals surface area contributed by atoms with Crippen molar-refractivity contribution in [2.75, 3.05) is 6.61 Å². The van der Waals surface area contributed by atoms with Crippen LogP contribution in [0.5, 0.6) is 5.75 Å². The maximum Gasteiger partial charge on any atom is 0.315 e. The van der Waals surface area contributed by atoms with E-state index in [2.05, 4.69) is 21.9 Å². The van der Waals surface area contributed by atoms with Crippen LogP contribution in [-0.2, 0) is 19.4 Å². The molecule has 24 heavy (non-hydrogen) atoms. The van der Waals surface area contributed by atoms with E-state index in [4.69, 9.17) is 9.26 Å². The fourth-order valence-corrected chi connectivity index (χ4v) is 3.04. The van der Waals surface area contributed by atoms with Crippen molar-refractivity contribution in [2.45, 2.75) is 45.7 Å². The van der Waals surface area contributed by atoms with E-state index in [9.17, 15) is 4.79 Å². The van der Waals surface area contributed by atoms with Gasteiger partial charge in [0.15, 0.2) is 5.76 Å². The Morgan fingerprint density at radius 3 is 3.04 bits per heavy atom. The average molecular weight is 329 g/mol. The molecule has 0 bridgehead atoms. The van der Waals surface area contributed by atoms with E-state index < -0.39 is 0 Å². The number of carbonyl (C=O) groups is 1. The summed E-state index contributed by atoms with van der Waals surface area (Å²) in [5.41, 5.74) is 3.23. The number of urea groups is 1. The first-order valence-electron chi connectivity index (χ1n) is 8.44. The topological polar surface area (TPSA) is 76.4 Å². The second-order valence-electron chi connectivity index (χ2n) is 5.81. The number of hydrogen-bond acceptors (Lipinski definition) is 4. The largest absolute Gasteiger partial charge is 0.494 e. The summed E-state index contributed by atoms with van der Waals surface area (Å²) < 4.78 is 10.8. The van der Waals surface area contributed by atoms with Crippen LogP contribution < -0.4 is 15.4 Å². The zero-order valence-corrected chi connectivity index (χ0v) is 14.1. The van der Waals surface area contributed by atoms with E-state index in [1.54, 1.807) is 0 Å². The van der Waals surface area contributed by atoms with E-state index >= 15 is 0 Å². The van der Waals surface area contributed by atoms with E-state index in [1.807, 2.05) is 32.0 Å². The first kappa shape index (κ1) is 16.4. The van der Waals surface area contributed by atoms with Crippen LogP contribution in [0.2, 0.25) is 0 Å². The van der Waals surface area contributed by atoms with E-state index in [0.29, 0.717) is 18.9 Å². The van der Waals surface area contributed by atoms with Gasteiger partial charge in [-0.3, -0.25) is 0 Å². The molecule has 1 aromatic carbocycles. The third-order valence-corrected chi connectivity index (χ3v) is 4.23. The summed E-state index contributed by atoms with van der Waals surface area (Å²) in [7, 11) is 0. The standard InChI is InChI=1S/C18H23N3O3/c1-3-12-10-13(24-21-12)11-19-18(22)20-16-9-8-15-14(16)6-5-7-17(15)23-4-2/h5-7,10,16H,3-4,8-9,11H2,1-2H3,(H2,19,20,22)/t16-/m0/s1. The van der Waals surface area contributed by atoms with Crippen LogP contribution in [0.1, 0.15) is 48.9 Å². The van der Waals surface area contributed by atoms with Crippen molar-refractivity contribution >= 4 is 6.03 Å². The number of carbonyl (C=O) groups excluding carboxylic acids is 1. The Hall–Kier alpha value is -2.50. The third-order valence-electron chi connectivity index (χ3n) is 4.23. The highest BCUT2D eigenvalue weighted by molar-refractivity contribution is 5.74. The monoisotopic (exact) mass is 329 g/mol. The van der Waals surface area contributed by atoms with E-state index in [-0.39, 0.29) is 12.1 Å². The fraction of sp³-hybridized carbons (Fsp3) is 0.444. The second-order valence-corrected chi connectivity index (χ2v) is 5.81. The van der Waals surface area contributed by atoms with Gasteiger partial charge in [0, 0.05) is 6.07 Å². The lowest BCUT2D eigenvalue weighted by molar-refractivity contribution is 0.235. The van der Waals surface area contributed by atoms with Crippen LogP contribution in [0.25, 0.3) is 0 Å². The van der Waals surface area contributed by atoms with Gasteiger partial charge in [-0.15, -0.1) is 0 Å². The summed E-state index contributed by atoms with van der Waals surface area (Å²) >= 11 is 0. The second kappa shape index (κ2) is 7.38. The van der Waals surface area contributed by atoms with Gasteiger partial charge in [0.2, 0.25) is 0 Å². The predicted molar refractivity (Wildman–Crippen MR) is 89.9 cm³/mol. The molecule has 0 saturated heterocycles. The van der Waals surface area contributed by atoms with Crippen molar-refractivity contribution in [3.05, 3.63) is 46.8 Å². The van der Waals surface area contributed by atoms with E-state index in [1.165, 1.54) is 5.56 Å². The molecule has 2 amide bonds. The highest BCUT2D eigenvalue weighted by atomic mass is 16.5. The summed E-state index contributed by atoms with van der Waals surface area (Å²) in [5.74, 6) is 1.58. The molecule has 1 atom stereocenters.